The molecule has 0 spiro atoms. The zero-order chi connectivity index (χ0) is 20.7. The maximum Gasteiger partial charge on any atom is 0.169 e. The van der Waals surface area contributed by atoms with Gasteiger partial charge in [0.2, 0.25) is 0 Å². The summed E-state index contributed by atoms with van der Waals surface area (Å²) >= 11 is 5.76. The lowest BCUT2D eigenvalue weighted by molar-refractivity contribution is 0.0367. The summed E-state index contributed by atoms with van der Waals surface area (Å²) in [5.41, 5.74) is 1.22. The van der Waals surface area contributed by atoms with E-state index in [0.29, 0.717) is 0 Å². The van der Waals surface area contributed by atoms with Crippen molar-refractivity contribution in [1.82, 2.24) is 15.1 Å². The maximum atomic E-state index is 5.76. The summed E-state index contributed by atoms with van der Waals surface area (Å²) in [6, 6.07) is 8.27. The highest BCUT2D eigenvalue weighted by Gasteiger charge is 2.13. The molecule has 0 amide bonds. The molecule has 1 aliphatic heterocycles. The number of thiocarbonyl (C=S) groups is 1. The van der Waals surface area contributed by atoms with E-state index in [0.717, 1.165) is 69.8 Å². The van der Waals surface area contributed by atoms with Crippen LogP contribution >= 0.6 is 12.2 Å². The number of morpholine rings is 1. The van der Waals surface area contributed by atoms with Crippen LogP contribution in [0.2, 0.25) is 0 Å². The Morgan fingerprint density at radius 3 is 2.72 bits per heavy atom. The molecule has 2 rings (SSSR count). The average Bonchev–Trinajstić information content (AvgIpc) is 2.76. The highest BCUT2D eigenvalue weighted by molar-refractivity contribution is 7.80. The predicted octanol–water partition coefficient (Wildman–Crippen LogP) is 4.06. The van der Waals surface area contributed by atoms with Crippen LogP contribution in [0.25, 0.3) is 0 Å². The van der Waals surface area contributed by atoms with E-state index in [9.17, 15) is 0 Å². The molecule has 5 nitrogen and oxygen atoms in total. The fourth-order valence-corrected chi connectivity index (χ4v) is 3.85. The van der Waals surface area contributed by atoms with Gasteiger partial charge in [0.05, 0.1) is 20.3 Å². The monoisotopic (exact) mass is 421 g/mol. The van der Waals surface area contributed by atoms with Gasteiger partial charge in [-0.25, -0.2) is 0 Å². The second-order valence-electron chi connectivity index (χ2n) is 7.73. The Morgan fingerprint density at radius 1 is 1.17 bits per heavy atom. The van der Waals surface area contributed by atoms with Gasteiger partial charge in [-0.3, -0.25) is 4.90 Å². The van der Waals surface area contributed by atoms with Crippen LogP contribution in [0.15, 0.2) is 24.3 Å². The predicted molar refractivity (Wildman–Crippen MR) is 125 cm³/mol. The van der Waals surface area contributed by atoms with Crippen LogP contribution in [-0.2, 0) is 11.3 Å². The van der Waals surface area contributed by atoms with Crippen LogP contribution in [0.5, 0.6) is 5.75 Å². The molecular formula is C23H39N3O2S. The van der Waals surface area contributed by atoms with Crippen molar-refractivity contribution in [3.05, 3.63) is 29.8 Å². The van der Waals surface area contributed by atoms with Crippen molar-refractivity contribution < 1.29 is 9.47 Å². The van der Waals surface area contributed by atoms with E-state index in [1.807, 2.05) is 12.1 Å². The summed E-state index contributed by atoms with van der Waals surface area (Å²) in [4.78, 5) is 4.79. The van der Waals surface area contributed by atoms with Crippen molar-refractivity contribution in [3.63, 3.8) is 0 Å². The summed E-state index contributed by atoms with van der Waals surface area (Å²) < 4.78 is 10.8. The Balaban J connectivity index is 1.84. The molecule has 1 aliphatic rings. The van der Waals surface area contributed by atoms with Crippen LogP contribution in [0.4, 0.5) is 0 Å². The topological polar surface area (TPSA) is 37.0 Å². The van der Waals surface area contributed by atoms with E-state index in [1.54, 1.807) is 7.11 Å². The number of ether oxygens (including phenoxy) is 2. The third kappa shape index (κ3) is 9.79. The minimum Gasteiger partial charge on any atom is -0.497 e. The molecule has 1 heterocycles. The lowest BCUT2D eigenvalue weighted by Crippen LogP contribution is -2.42. The van der Waals surface area contributed by atoms with Crippen molar-refractivity contribution in [2.24, 2.45) is 0 Å². The van der Waals surface area contributed by atoms with Gasteiger partial charge < -0.3 is 19.7 Å². The van der Waals surface area contributed by atoms with Crippen molar-refractivity contribution in [1.29, 1.82) is 0 Å². The first kappa shape index (κ1) is 23.9. The molecule has 1 N–H and O–H groups in total. The second-order valence-corrected chi connectivity index (χ2v) is 8.11. The van der Waals surface area contributed by atoms with Crippen molar-refractivity contribution in [2.45, 2.75) is 52.0 Å². The lowest BCUT2D eigenvalue weighted by atomic mass is 10.1. The molecule has 1 aromatic rings. The zero-order valence-electron chi connectivity index (χ0n) is 18.3. The molecule has 164 valence electrons. The fourth-order valence-electron chi connectivity index (χ4n) is 3.59. The van der Waals surface area contributed by atoms with Crippen LogP contribution in [0, 0.1) is 0 Å². The normalized spacial score (nSPS) is 14.6. The van der Waals surface area contributed by atoms with E-state index >= 15 is 0 Å². The zero-order valence-corrected chi connectivity index (χ0v) is 19.1. The molecule has 0 bridgehead atoms. The van der Waals surface area contributed by atoms with E-state index in [4.69, 9.17) is 21.7 Å². The van der Waals surface area contributed by atoms with Gasteiger partial charge in [0.15, 0.2) is 5.11 Å². The smallest absolute Gasteiger partial charge is 0.169 e. The molecular weight excluding hydrogens is 382 g/mol. The Kier molecular flexibility index (Phi) is 12.0. The quantitative estimate of drug-likeness (QED) is 0.382. The Morgan fingerprint density at radius 2 is 1.97 bits per heavy atom. The van der Waals surface area contributed by atoms with Gasteiger partial charge in [0.1, 0.15) is 5.75 Å². The number of nitrogens with one attached hydrogen (secondary N) is 1. The summed E-state index contributed by atoms with van der Waals surface area (Å²) in [5, 5.41) is 4.36. The largest absolute Gasteiger partial charge is 0.497 e. The SMILES string of the molecule is CCCCCCCNC(=S)N(CCCN1CCOCC1)Cc1cccc(OC)c1. The van der Waals surface area contributed by atoms with E-state index in [1.165, 1.54) is 37.7 Å². The van der Waals surface area contributed by atoms with E-state index < -0.39 is 0 Å². The van der Waals surface area contributed by atoms with Crippen LogP contribution in [-0.4, -0.2) is 68.0 Å². The maximum absolute atomic E-state index is 5.76. The number of unbranched alkanes of at least 4 members (excludes halogenated alkanes) is 4. The molecule has 0 atom stereocenters. The number of nitrogens with zero attached hydrogens (tertiary/aromatic N) is 2. The molecule has 0 unspecified atom stereocenters. The standard InChI is InChI=1S/C23H39N3O2S/c1-3-4-5-6-7-12-24-23(29)26(14-9-13-25-15-17-28-18-16-25)20-21-10-8-11-22(19-21)27-2/h8,10-11,19H,3-7,9,12-18,20H2,1-2H3,(H,24,29). The molecule has 1 fully saturated rings. The molecule has 0 saturated carbocycles. The van der Waals surface area contributed by atoms with Gasteiger partial charge in [-0.1, -0.05) is 44.7 Å². The summed E-state index contributed by atoms with van der Waals surface area (Å²) in [6.07, 6.45) is 7.48. The van der Waals surface area contributed by atoms with Crippen molar-refractivity contribution in [2.75, 3.05) is 53.0 Å². The van der Waals surface area contributed by atoms with Crippen molar-refractivity contribution >= 4 is 17.3 Å². The molecule has 0 aromatic heterocycles. The first-order chi connectivity index (χ1) is 14.2. The van der Waals surface area contributed by atoms with Crippen LogP contribution in [0.1, 0.15) is 51.0 Å². The number of methoxy groups -OCH3 is 1. The summed E-state index contributed by atoms with van der Waals surface area (Å²) in [7, 11) is 1.71. The molecule has 6 heteroatoms. The molecule has 29 heavy (non-hydrogen) atoms. The number of rotatable bonds is 13. The van der Waals surface area contributed by atoms with Gasteiger partial charge in [0, 0.05) is 39.3 Å². The third-order valence-corrected chi connectivity index (χ3v) is 5.76. The van der Waals surface area contributed by atoms with Crippen LogP contribution < -0.4 is 10.1 Å². The van der Waals surface area contributed by atoms with E-state index in [-0.39, 0.29) is 0 Å². The fraction of sp³-hybridized carbons (Fsp3) is 0.696. The molecule has 1 aromatic carbocycles. The molecule has 0 radical (unpaired) electrons. The van der Waals surface area contributed by atoms with Crippen LogP contribution in [0.3, 0.4) is 0 Å². The average molecular weight is 422 g/mol. The van der Waals surface area contributed by atoms with Gasteiger partial charge >= 0.3 is 0 Å². The van der Waals surface area contributed by atoms with Gasteiger partial charge in [0.25, 0.3) is 0 Å². The highest BCUT2D eigenvalue weighted by atomic mass is 32.1. The van der Waals surface area contributed by atoms with Crippen molar-refractivity contribution in [3.8, 4) is 5.75 Å². The number of benzene rings is 1. The number of hydrogen-bond donors (Lipinski definition) is 1. The second kappa shape index (κ2) is 14.6. The summed E-state index contributed by atoms with van der Waals surface area (Å²) in [6.45, 7) is 9.85. The minimum atomic E-state index is 0.808. The third-order valence-electron chi connectivity index (χ3n) is 5.36. The Bertz CT molecular complexity index is 579. The number of hydrogen-bond acceptors (Lipinski definition) is 4. The van der Waals surface area contributed by atoms with Gasteiger partial charge in [-0.2, -0.15) is 0 Å². The molecule has 0 aliphatic carbocycles. The Hall–Kier alpha value is -1.37. The van der Waals surface area contributed by atoms with Gasteiger partial charge in [-0.15, -0.1) is 0 Å². The highest BCUT2D eigenvalue weighted by Crippen LogP contribution is 2.15. The lowest BCUT2D eigenvalue weighted by Gasteiger charge is -2.29. The molecule has 1 saturated heterocycles. The first-order valence-corrected chi connectivity index (χ1v) is 11.6. The minimum absolute atomic E-state index is 0.808. The van der Waals surface area contributed by atoms with Gasteiger partial charge in [-0.05, 0) is 42.8 Å². The Labute approximate surface area is 182 Å². The first-order valence-electron chi connectivity index (χ1n) is 11.2. The van der Waals surface area contributed by atoms with E-state index in [2.05, 4.69) is 34.2 Å². The summed E-state index contributed by atoms with van der Waals surface area (Å²) in [5.74, 6) is 0.894.